The molecule has 150 valence electrons. The number of rotatable bonds is 13. The van der Waals surface area contributed by atoms with E-state index in [2.05, 4.69) is 6.92 Å². The molecule has 1 N–H and O–H groups in total. The molecule has 0 aromatic heterocycles. The number of aliphatic hydroxyl groups is 1. The van der Waals surface area contributed by atoms with Gasteiger partial charge < -0.3 is 14.6 Å². The Bertz CT molecular complexity index is 477. The van der Waals surface area contributed by atoms with Crippen LogP contribution in [0.25, 0.3) is 0 Å². The first-order valence-electron chi connectivity index (χ1n) is 10.0. The van der Waals surface area contributed by atoms with Gasteiger partial charge in [0.15, 0.2) is 0 Å². The topological polar surface area (TPSA) is 59.1 Å². The van der Waals surface area contributed by atoms with E-state index in [4.69, 9.17) is 9.47 Å². The maximum Gasteiger partial charge on any atom is 0.311 e. The number of hydrogen-bond donors (Lipinski definition) is 1. The lowest BCUT2D eigenvalue weighted by Gasteiger charge is -2.20. The second-order valence-corrected chi connectivity index (χ2v) is 8.24. The van der Waals surface area contributed by atoms with Gasteiger partial charge in [-0.2, -0.15) is 0 Å². The van der Waals surface area contributed by atoms with Crippen molar-refractivity contribution in [2.24, 2.45) is 5.41 Å². The van der Waals surface area contributed by atoms with Crippen LogP contribution < -0.4 is 0 Å². The Morgan fingerprint density at radius 1 is 1.15 bits per heavy atom. The van der Waals surface area contributed by atoms with E-state index in [0.29, 0.717) is 6.10 Å². The molecular weight excluding hydrogens is 328 g/mol. The fourth-order valence-corrected chi connectivity index (χ4v) is 3.03. The molecule has 0 radical (unpaired) electrons. The number of hydrogen-bond acceptors (Lipinski definition) is 4. The van der Waals surface area contributed by atoms with E-state index >= 15 is 0 Å². The molecule has 3 atom stereocenters. The third-order valence-electron chi connectivity index (χ3n) is 4.95. The maximum absolute atomic E-state index is 11.6. The number of unbranched alkanes of at least 4 members (excludes halogenated alkanes) is 4. The average Bonchev–Trinajstić information content (AvgIpc) is 3.34. The summed E-state index contributed by atoms with van der Waals surface area (Å²) in [5.74, 6) is -0.156. The lowest BCUT2D eigenvalue weighted by atomic mass is 9.87. The molecule has 1 rings (SSSR count). The fourth-order valence-electron chi connectivity index (χ4n) is 3.03. The van der Waals surface area contributed by atoms with Gasteiger partial charge in [-0.3, -0.25) is 4.79 Å². The van der Waals surface area contributed by atoms with Crippen molar-refractivity contribution in [2.45, 2.75) is 96.9 Å². The van der Waals surface area contributed by atoms with Crippen molar-refractivity contribution >= 4 is 5.97 Å². The Morgan fingerprint density at radius 3 is 2.54 bits per heavy atom. The summed E-state index contributed by atoms with van der Waals surface area (Å²) in [6.45, 7) is 7.82. The second-order valence-electron chi connectivity index (χ2n) is 8.24. The SMILES string of the molecule is CCCCCC1OC1/C=C/C(C)(O)/C=C\CCCCC(C)(C)C(=O)OC. The lowest BCUT2D eigenvalue weighted by molar-refractivity contribution is -0.151. The van der Waals surface area contributed by atoms with Crippen molar-refractivity contribution in [3.63, 3.8) is 0 Å². The predicted octanol–water partition coefficient (Wildman–Crippen LogP) is 4.96. The first kappa shape index (κ1) is 22.9. The van der Waals surface area contributed by atoms with Crippen LogP contribution in [0.5, 0.6) is 0 Å². The first-order valence-corrected chi connectivity index (χ1v) is 10.0. The number of esters is 1. The highest BCUT2D eigenvalue weighted by Gasteiger charge is 2.35. The average molecular weight is 367 g/mol. The number of epoxide rings is 1. The minimum atomic E-state index is -0.939. The minimum absolute atomic E-state index is 0.156. The summed E-state index contributed by atoms with van der Waals surface area (Å²) in [5.41, 5.74) is -1.37. The highest BCUT2D eigenvalue weighted by atomic mass is 16.6. The van der Waals surface area contributed by atoms with Crippen LogP contribution >= 0.6 is 0 Å². The molecule has 1 saturated heterocycles. The van der Waals surface area contributed by atoms with Crippen LogP contribution in [-0.4, -0.2) is 36.0 Å². The maximum atomic E-state index is 11.6. The van der Waals surface area contributed by atoms with Crippen LogP contribution in [0.4, 0.5) is 0 Å². The molecule has 26 heavy (non-hydrogen) atoms. The molecule has 0 aromatic carbocycles. The van der Waals surface area contributed by atoms with Gasteiger partial charge in [0.25, 0.3) is 0 Å². The van der Waals surface area contributed by atoms with Crippen molar-refractivity contribution in [3.8, 4) is 0 Å². The fraction of sp³-hybridized carbons (Fsp3) is 0.773. The molecule has 1 heterocycles. The van der Waals surface area contributed by atoms with Crippen LogP contribution in [0, 0.1) is 5.41 Å². The highest BCUT2D eigenvalue weighted by Crippen LogP contribution is 2.29. The van der Waals surface area contributed by atoms with E-state index in [1.165, 1.54) is 26.4 Å². The van der Waals surface area contributed by atoms with Crippen molar-refractivity contribution in [1.82, 2.24) is 0 Å². The molecule has 0 bridgehead atoms. The Balaban J connectivity index is 2.22. The number of ether oxygens (including phenoxy) is 2. The molecule has 0 amide bonds. The van der Waals surface area contributed by atoms with Gasteiger partial charge in [0.2, 0.25) is 0 Å². The summed E-state index contributed by atoms with van der Waals surface area (Å²) < 4.78 is 10.4. The molecule has 4 heteroatoms. The van der Waals surface area contributed by atoms with E-state index < -0.39 is 11.0 Å². The van der Waals surface area contributed by atoms with Gasteiger partial charge in [-0.15, -0.1) is 0 Å². The van der Waals surface area contributed by atoms with E-state index in [-0.39, 0.29) is 12.1 Å². The normalized spacial score (nSPS) is 22.7. The van der Waals surface area contributed by atoms with Crippen LogP contribution in [0.15, 0.2) is 24.3 Å². The van der Waals surface area contributed by atoms with Crippen LogP contribution in [0.3, 0.4) is 0 Å². The number of carbonyl (C=O) groups excluding carboxylic acids is 1. The molecular formula is C22H38O4. The standard InChI is InChI=1S/C22H38O4/c1-6-7-10-13-18-19(26-18)14-17-22(4,24)16-12-9-8-11-15-21(2,3)20(23)25-5/h12,14,16-19,24H,6-11,13,15H2,1-5H3/b16-12-,17-14+. The van der Waals surface area contributed by atoms with Gasteiger partial charge in [-0.25, -0.2) is 0 Å². The van der Waals surface area contributed by atoms with E-state index in [0.717, 1.165) is 32.1 Å². The largest absolute Gasteiger partial charge is 0.469 e. The molecule has 1 fully saturated rings. The summed E-state index contributed by atoms with van der Waals surface area (Å²) in [7, 11) is 1.43. The second kappa shape index (κ2) is 10.9. The van der Waals surface area contributed by atoms with Crippen molar-refractivity contribution in [3.05, 3.63) is 24.3 Å². The quantitative estimate of drug-likeness (QED) is 0.217. The zero-order valence-electron chi connectivity index (χ0n) is 17.3. The summed E-state index contributed by atoms with van der Waals surface area (Å²) in [6, 6.07) is 0. The Morgan fingerprint density at radius 2 is 1.88 bits per heavy atom. The highest BCUT2D eigenvalue weighted by molar-refractivity contribution is 5.75. The van der Waals surface area contributed by atoms with Crippen LogP contribution in [0.1, 0.15) is 79.1 Å². The zero-order valence-corrected chi connectivity index (χ0v) is 17.3. The van der Waals surface area contributed by atoms with Gasteiger partial charge in [-0.05, 0) is 46.5 Å². The first-order chi connectivity index (χ1) is 12.2. The molecule has 0 aliphatic carbocycles. The Hall–Kier alpha value is -1.13. The third-order valence-corrected chi connectivity index (χ3v) is 4.95. The Labute approximate surface area is 159 Å². The van der Waals surface area contributed by atoms with Crippen molar-refractivity contribution < 1.29 is 19.4 Å². The van der Waals surface area contributed by atoms with E-state index in [1.807, 2.05) is 38.2 Å². The molecule has 0 saturated carbocycles. The Kier molecular flexibility index (Phi) is 9.59. The predicted molar refractivity (Wildman–Crippen MR) is 106 cm³/mol. The van der Waals surface area contributed by atoms with Crippen LogP contribution in [-0.2, 0) is 14.3 Å². The van der Waals surface area contributed by atoms with Gasteiger partial charge in [0, 0.05) is 0 Å². The smallest absolute Gasteiger partial charge is 0.311 e. The van der Waals surface area contributed by atoms with E-state index in [1.54, 1.807) is 6.92 Å². The van der Waals surface area contributed by atoms with E-state index in [9.17, 15) is 9.90 Å². The molecule has 0 spiro atoms. The zero-order chi connectivity index (χ0) is 19.6. The molecule has 0 aromatic rings. The van der Waals surface area contributed by atoms with Gasteiger partial charge >= 0.3 is 5.97 Å². The third kappa shape index (κ3) is 9.00. The van der Waals surface area contributed by atoms with Gasteiger partial charge in [-0.1, -0.05) is 56.9 Å². The number of methoxy groups -OCH3 is 1. The molecule has 1 aliphatic rings. The summed E-state index contributed by atoms with van der Waals surface area (Å²) in [4.78, 5) is 11.6. The van der Waals surface area contributed by atoms with Crippen LogP contribution in [0.2, 0.25) is 0 Å². The summed E-state index contributed by atoms with van der Waals surface area (Å²) >= 11 is 0. The number of carbonyl (C=O) groups is 1. The lowest BCUT2D eigenvalue weighted by Crippen LogP contribution is -2.25. The van der Waals surface area contributed by atoms with Crippen molar-refractivity contribution in [1.29, 1.82) is 0 Å². The monoisotopic (exact) mass is 366 g/mol. The number of allylic oxidation sites excluding steroid dienone is 1. The van der Waals surface area contributed by atoms with Gasteiger partial charge in [0.05, 0.1) is 24.2 Å². The summed E-state index contributed by atoms with van der Waals surface area (Å²) in [6.07, 6.45) is 16.6. The molecule has 4 nitrogen and oxygen atoms in total. The summed E-state index contributed by atoms with van der Waals surface area (Å²) in [5, 5.41) is 10.4. The van der Waals surface area contributed by atoms with Gasteiger partial charge in [0.1, 0.15) is 6.10 Å². The molecule has 1 aliphatic heterocycles. The minimum Gasteiger partial charge on any atom is -0.469 e. The van der Waals surface area contributed by atoms with Crippen molar-refractivity contribution in [2.75, 3.05) is 7.11 Å². The molecule has 3 unspecified atom stereocenters.